The quantitative estimate of drug-likeness (QED) is 0.558. The standard InChI is InChI=1S/C25H29N3O6/c1-25(2,3)34-23(32)20-13-12-19(16-8-5-4-6-9-16)28(20)21(29)15-26-24(33)27-18-11-7-10-17(14-18)22(30)31/h4-11,14,19-20H,12-13,15H2,1-3H3,(H,30,31)(H2,26,27,33)/t19-,20+/m1/s1. The van der Waals surface area contributed by atoms with Crippen LogP contribution in [0.3, 0.4) is 0 Å². The van der Waals surface area contributed by atoms with Crippen molar-refractivity contribution in [1.29, 1.82) is 0 Å². The van der Waals surface area contributed by atoms with Gasteiger partial charge in [0, 0.05) is 5.69 Å². The number of amides is 3. The molecule has 3 N–H and O–H groups in total. The van der Waals surface area contributed by atoms with Gasteiger partial charge in [-0.05, 0) is 57.4 Å². The maximum atomic E-state index is 13.2. The lowest BCUT2D eigenvalue weighted by atomic mass is 10.0. The molecule has 9 heteroatoms. The van der Waals surface area contributed by atoms with Crippen molar-refractivity contribution < 1.29 is 29.0 Å². The molecule has 3 amide bonds. The predicted octanol–water partition coefficient (Wildman–Crippen LogP) is 3.58. The van der Waals surface area contributed by atoms with Gasteiger partial charge in [-0.1, -0.05) is 36.4 Å². The van der Waals surface area contributed by atoms with E-state index in [-0.39, 0.29) is 23.8 Å². The van der Waals surface area contributed by atoms with Gasteiger partial charge in [0.05, 0.1) is 18.2 Å². The lowest BCUT2D eigenvalue weighted by molar-refractivity contribution is -0.164. The number of carbonyl (C=O) groups excluding carboxylic acids is 3. The molecule has 1 fully saturated rings. The molecule has 180 valence electrons. The Hall–Kier alpha value is -3.88. The van der Waals surface area contributed by atoms with E-state index < -0.39 is 35.5 Å². The van der Waals surface area contributed by atoms with Crippen LogP contribution in [0, 0.1) is 0 Å². The topological polar surface area (TPSA) is 125 Å². The van der Waals surface area contributed by atoms with Gasteiger partial charge in [-0.25, -0.2) is 14.4 Å². The third kappa shape index (κ3) is 6.34. The molecule has 2 aromatic rings. The van der Waals surface area contributed by atoms with Crippen LogP contribution in [0.1, 0.15) is 55.6 Å². The monoisotopic (exact) mass is 467 g/mol. The summed E-state index contributed by atoms with van der Waals surface area (Å²) >= 11 is 0. The minimum Gasteiger partial charge on any atom is -0.478 e. The molecule has 0 bridgehead atoms. The Kier molecular flexibility index (Phi) is 7.55. The van der Waals surface area contributed by atoms with Gasteiger partial charge in [0.1, 0.15) is 11.6 Å². The maximum Gasteiger partial charge on any atom is 0.335 e. The van der Waals surface area contributed by atoms with Crippen LogP contribution in [0.15, 0.2) is 54.6 Å². The molecule has 1 saturated heterocycles. The van der Waals surface area contributed by atoms with E-state index in [1.165, 1.54) is 29.2 Å². The third-order valence-electron chi connectivity index (χ3n) is 5.30. The highest BCUT2D eigenvalue weighted by atomic mass is 16.6. The number of hydrogen-bond acceptors (Lipinski definition) is 5. The van der Waals surface area contributed by atoms with Gasteiger partial charge in [-0.2, -0.15) is 0 Å². The fourth-order valence-electron chi connectivity index (χ4n) is 3.91. The summed E-state index contributed by atoms with van der Waals surface area (Å²) in [6, 6.07) is 13.4. The number of aromatic carboxylic acids is 1. The number of carboxylic acid groups (broad SMARTS) is 1. The van der Waals surface area contributed by atoms with Gasteiger partial charge >= 0.3 is 18.0 Å². The predicted molar refractivity (Wildman–Crippen MR) is 125 cm³/mol. The van der Waals surface area contributed by atoms with Crippen molar-refractivity contribution >= 4 is 29.6 Å². The molecule has 0 radical (unpaired) electrons. The largest absolute Gasteiger partial charge is 0.478 e. The van der Waals surface area contributed by atoms with Gasteiger partial charge in [-0.15, -0.1) is 0 Å². The third-order valence-corrected chi connectivity index (χ3v) is 5.30. The van der Waals surface area contributed by atoms with Crippen LogP contribution >= 0.6 is 0 Å². The molecule has 1 aliphatic rings. The molecule has 1 aliphatic heterocycles. The Morgan fingerprint density at radius 2 is 1.74 bits per heavy atom. The Morgan fingerprint density at radius 3 is 2.38 bits per heavy atom. The first-order chi connectivity index (χ1) is 16.0. The molecule has 0 spiro atoms. The zero-order valence-corrected chi connectivity index (χ0v) is 19.4. The fourth-order valence-corrected chi connectivity index (χ4v) is 3.91. The molecule has 0 aliphatic carbocycles. The maximum absolute atomic E-state index is 13.2. The molecular formula is C25H29N3O6. The molecule has 0 unspecified atom stereocenters. The Labute approximate surface area is 198 Å². The van der Waals surface area contributed by atoms with Crippen molar-refractivity contribution in [2.24, 2.45) is 0 Å². The number of esters is 1. The highest BCUT2D eigenvalue weighted by molar-refractivity contribution is 5.95. The number of urea groups is 1. The summed E-state index contributed by atoms with van der Waals surface area (Å²) in [6.45, 7) is 4.97. The highest BCUT2D eigenvalue weighted by Crippen LogP contribution is 2.37. The zero-order valence-electron chi connectivity index (χ0n) is 19.4. The summed E-state index contributed by atoms with van der Waals surface area (Å²) in [5.74, 6) is -2.01. The molecule has 0 aromatic heterocycles. The Balaban J connectivity index is 1.71. The van der Waals surface area contributed by atoms with Crippen molar-refractivity contribution in [3.05, 3.63) is 65.7 Å². The van der Waals surface area contributed by atoms with Crippen LogP contribution in [0.25, 0.3) is 0 Å². The van der Waals surface area contributed by atoms with E-state index >= 15 is 0 Å². The van der Waals surface area contributed by atoms with Gasteiger partial charge in [0.25, 0.3) is 0 Å². The smallest absolute Gasteiger partial charge is 0.335 e. The first kappa shape index (κ1) is 24.8. The molecule has 9 nitrogen and oxygen atoms in total. The number of carbonyl (C=O) groups is 4. The van der Waals surface area contributed by atoms with Crippen molar-refractivity contribution in [1.82, 2.24) is 10.2 Å². The van der Waals surface area contributed by atoms with Crippen LogP contribution < -0.4 is 10.6 Å². The van der Waals surface area contributed by atoms with Crippen molar-refractivity contribution in [3.63, 3.8) is 0 Å². The number of likely N-dealkylation sites (tertiary alicyclic amines) is 1. The summed E-state index contributed by atoms with van der Waals surface area (Å²) in [7, 11) is 0. The van der Waals surface area contributed by atoms with Gasteiger partial charge in [0.15, 0.2) is 0 Å². The number of ether oxygens (including phenoxy) is 1. The Morgan fingerprint density at radius 1 is 1.03 bits per heavy atom. The molecule has 1 heterocycles. The Bertz CT molecular complexity index is 1060. The van der Waals surface area contributed by atoms with E-state index in [0.717, 1.165) is 5.56 Å². The summed E-state index contributed by atoms with van der Waals surface area (Å²) in [6.07, 6.45) is 1.04. The van der Waals surface area contributed by atoms with Crippen LogP contribution in [0.4, 0.5) is 10.5 Å². The average Bonchev–Trinajstić information content (AvgIpc) is 3.23. The number of carboxylic acids is 1. The van der Waals surface area contributed by atoms with Gasteiger partial charge < -0.3 is 25.4 Å². The number of nitrogens with one attached hydrogen (secondary N) is 2. The lowest BCUT2D eigenvalue weighted by Gasteiger charge is -2.31. The van der Waals surface area contributed by atoms with E-state index in [2.05, 4.69) is 10.6 Å². The lowest BCUT2D eigenvalue weighted by Crippen LogP contribution is -2.48. The number of nitrogens with zero attached hydrogens (tertiary/aromatic N) is 1. The summed E-state index contributed by atoms with van der Waals surface area (Å²) in [5, 5.41) is 14.1. The van der Waals surface area contributed by atoms with Crippen molar-refractivity contribution in [2.45, 2.75) is 51.3 Å². The molecular weight excluding hydrogens is 438 g/mol. The van der Waals surface area contributed by atoms with Crippen LogP contribution in [-0.2, 0) is 14.3 Å². The van der Waals surface area contributed by atoms with E-state index in [0.29, 0.717) is 12.8 Å². The summed E-state index contributed by atoms with van der Waals surface area (Å²) in [4.78, 5) is 51.0. The number of benzene rings is 2. The SMILES string of the molecule is CC(C)(C)OC(=O)[C@@H]1CC[C@H](c2ccccc2)N1C(=O)CNC(=O)Nc1cccc(C(=O)O)c1. The normalized spacial score (nSPS) is 17.7. The summed E-state index contributed by atoms with van der Waals surface area (Å²) in [5.41, 5.74) is 0.507. The number of rotatable bonds is 6. The number of hydrogen-bond donors (Lipinski definition) is 3. The molecule has 2 aromatic carbocycles. The van der Waals surface area contributed by atoms with Gasteiger partial charge in [0.2, 0.25) is 5.91 Å². The zero-order chi connectivity index (χ0) is 24.9. The van der Waals surface area contributed by atoms with Crippen molar-refractivity contribution in [2.75, 3.05) is 11.9 Å². The molecule has 2 atom stereocenters. The first-order valence-corrected chi connectivity index (χ1v) is 11.0. The minimum atomic E-state index is -1.12. The highest BCUT2D eigenvalue weighted by Gasteiger charge is 2.43. The van der Waals surface area contributed by atoms with E-state index in [9.17, 15) is 19.2 Å². The van der Waals surface area contributed by atoms with E-state index in [1.54, 1.807) is 20.8 Å². The van der Waals surface area contributed by atoms with E-state index in [1.807, 2.05) is 30.3 Å². The second-order valence-electron chi connectivity index (χ2n) is 9.05. The first-order valence-electron chi connectivity index (χ1n) is 11.0. The number of anilines is 1. The van der Waals surface area contributed by atoms with Crippen LogP contribution in [0.5, 0.6) is 0 Å². The van der Waals surface area contributed by atoms with E-state index in [4.69, 9.17) is 9.84 Å². The average molecular weight is 468 g/mol. The second-order valence-corrected chi connectivity index (χ2v) is 9.05. The second kappa shape index (κ2) is 10.4. The summed E-state index contributed by atoms with van der Waals surface area (Å²) < 4.78 is 5.54. The van der Waals surface area contributed by atoms with Crippen molar-refractivity contribution in [3.8, 4) is 0 Å². The molecule has 3 rings (SSSR count). The van der Waals surface area contributed by atoms with Gasteiger partial charge in [-0.3, -0.25) is 4.79 Å². The minimum absolute atomic E-state index is 0.0249. The molecule has 34 heavy (non-hydrogen) atoms. The fraction of sp³-hybridized carbons (Fsp3) is 0.360. The molecule has 0 saturated carbocycles. The van der Waals surface area contributed by atoms with Crippen LogP contribution in [0.2, 0.25) is 0 Å². The van der Waals surface area contributed by atoms with Crippen LogP contribution in [-0.4, -0.2) is 52.1 Å².